The summed E-state index contributed by atoms with van der Waals surface area (Å²) in [6.45, 7) is 5.50. The zero-order valence-electron chi connectivity index (χ0n) is 9.53. The van der Waals surface area contributed by atoms with Crippen LogP contribution < -0.4 is 0 Å². The van der Waals surface area contributed by atoms with Gasteiger partial charge in [-0.15, -0.1) is 0 Å². The predicted molar refractivity (Wildman–Crippen MR) is 64.7 cm³/mol. The maximum atomic E-state index is 10.5. The fourth-order valence-corrected chi connectivity index (χ4v) is 1.32. The van der Waals surface area contributed by atoms with Gasteiger partial charge in [0.25, 0.3) is 0 Å². The fraction of sp³-hybridized carbons (Fsp3) is 0.333. The van der Waals surface area contributed by atoms with E-state index in [4.69, 9.17) is 11.6 Å². The third kappa shape index (κ3) is 3.66. The number of benzene rings is 1. The normalized spacial score (nSPS) is 11.7. The average Bonchev–Trinajstić information content (AvgIpc) is 2.26. The van der Waals surface area contributed by atoms with Crippen molar-refractivity contribution in [3.63, 3.8) is 0 Å². The Kier molecular flexibility index (Phi) is 4.50. The SMILES string of the molecule is CC(=O)ON=C(Cl)c1ccc(C(C)C)cc1. The quantitative estimate of drug-likeness (QED) is 0.461. The van der Waals surface area contributed by atoms with Crippen LogP contribution in [0.25, 0.3) is 0 Å². The van der Waals surface area contributed by atoms with Crippen molar-refractivity contribution in [3.05, 3.63) is 35.4 Å². The molecule has 0 fully saturated rings. The largest absolute Gasteiger partial charge is 0.332 e. The molecule has 16 heavy (non-hydrogen) atoms. The number of oxime groups is 1. The summed E-state index contributed by atoms with van der Waals surface area (Å²) in [5, 5.41) is 3.67. The minimum Gasteiger partial charge on any atom is -0.317 e. The van der Waals surface area contributed by atoms with Gasteiger partial charge in [-0.1, -0.05) is 54.9 Å². The van der Waals surface area contributed by atoms with E-state index >= 15 is 0 Å². The molecule has 0 aliphatic heterocycles. The van der Waals surface area contributed by atoms with Gasteiger partial charge >= 0.3 is 5.97 Å². The van der Waals surface area contributed by atoms with Gasteiger partial charge in [0.05, 0.1) is 0 Å². The highest BCUT2D eigenvalue weighted by atomic mass is 35.5. The van der Waals surface area contributed by atoms with Crippen LogP contribution in [0.15, 0.2) is 29.4 Å². The van der Waals surface area contributed by atoms with E-state index in [9.17, 15) is 4.79 Å². The van der Waals surface area contributed by atoms with E-state index in [0.29, 0.717) is 5.92 Å². The van der Waals surface area contributed by atoms with Crippen molar-refractivity contribution in [3.8, 4) is 0 Å². The van der Waals surface area contributed by atoms with Crippen molar-refractivity contribution in [2.45, 2.75) is 26.7 Å². The molecule has 0 spiro atoms. The Morgan fingerprint density at radius 1 is 1.31 bits per heavy atom. The molecule has 0 bridgehead atoms. The molecule has 0 aliphatic rings. The molecule has 1 aromatic rings. The van der Waals surface area contributed by atoms with Crippen LogP contribution in [0.3, 0.4) is 0 Å². The van der Waals surface area contributed by atoms with Crippen LogP contribution in [0, 0.1) is 0 Å². The summed E-state index contributed by atoms with van der Waals surface area (Å²) >= 11 is 5.85. The van der Waals surface area contributed by atoms with Crippen LogP contribution in [0.2, 0.25) is 0 Å². The first-order valence-corrected chi connectivity index (χ1v) is 5.40. The Hall–Kier alpha value is -1.35. The number of carbonyl (C=O) groups is 1. The number of hydrogen-bond donors (Lipinski definition) is 0. The number of rotatable bonds is 3. The molecule has 0 radical (unpaired) electrons. The Balaban J connectivity index is 2.81. The lowest BCUT2D eigenvalue weighted by Gasteiger charge is -2.05. The van der Waals surface area contributed by atoms with E-state index in [1.54, 1.807) is 0 Å². The lowest BCUT2D eigenvalue weighted by Crippen LogP contribution is -1.97. The molecule has 86 valence electrons. The third-order valence-electron chi connectivity index (χ3n) is 2.07. The molecule has 0 aliphatic carbocycles. The van der Waals surface area contributed by atoms with E-state index in [1.807, 2.05) is 24.3 Å². The summed E-state index contributed by atoms with van der Waals surface area (Å²) in [6, 6.07) is 7.66. The number of hydrogen-bond acceptors (Lipinski definition) is 3. The van der Waals surface area contributed by atoms with Crippen LogP contribution in [0.5, 0.6) is 0 Å². The van der Waals surface area contributed by atoms with Crippen LogP contribution in [-0.4, -0.2) is 11.1 Å². The second kappa shape index (κ2) is 5.66. The van der Waals surface area contributed by atoms with Crippen LogP contribution in [-0.2, 0) is 9.63 Å². The van der Waals surface area contributed by atoms with Gasteiger partial charge in [-0.25, -0.2) is 4.79 Å². The third-order valence-corrected chi connectivity index (χ3v) is 2.36. The average molecular weight is 240 g/mol. The van der Waals surface area contributed by atoms with Crippen molar-refractivity contribution >= 4 is 22.7 Å². The van der Waals surface area contributed by atoms with Gasteiger partial charge in [0, 0.05) is 12.5 Å². The van der Waals surface area contributed by atoms with Crippen LogP contribution in [0.4, 0.5) is 0 Å². The van der Waals surface area contributed by atoms with Gasteiger partial charge in [-0.05, 0) is 11.5 Å². The smallest absolute Gasteiger partial charge is 0.317 e. The monoisotopic (exact) mass is 239 g/mol. The first-order chi connectivity index (χ1) is 7.50. The highest BCUT2D eigenvalue weighted by molar-refractivity contribution is 6.69. The van der Waals surface area contributed by atoms with Crippen molar-refractivity contribution in [2.75, 3.05) is 0 Å². The van der Waals surface area contributed by atoms with Gasteiger partial charge in [-0.2, -0.15) is 0 Å². The minimum absolute atomic E-state index is 0.172. The van der Waals surface area contributed by atoms with Gasteiger partial charge in [-0.3, -0.25) is 0 Å². The summed E-state index contributed by atoms with van der Waals surface area (Å²) in [5.74, 6) is -0.0183. The van der Waals surface area contributed by atoms with Crippen molar-refractivity contribution < 1.29 is 9.63 Å². The van der Waals surface area contributed by atoms with E-state index in [2.05, 4.69) is 23.8 Å². The molecule has 0 unspecified atom stereocenters. The maximum absolute atomic E-state index is 10.5. The molecule has 1 rings (SSSR count). The minimum atomic E-state index is -0.489. The molecule has 0 saturated carbocycles. The van der Waals surface area contributed by atoms with Crippen molar-refractivity contribution in [2.24, 2.45) is 5.16 Å². The molecule has 0 saturated heterocycles. The Labute approximate surface area is 100 Å². The van der Waals surface area contributed by atoms with Crippen LogP contribution >= 0.6 is 11.6 Å². The summed E-state index contributed by atoms with van der Waals surface area (Å²) in [7, 11) is 0. The highest BCUT2D eigenvalue weighted by Gasteiger charge is 2.03. The Morgan fingerprint density at radius 3 is 2.31 bits per heavy atom. The second-order valence-corrected chi connectivity index (χ2v) is 4.10. The van der Waals surface area contributed by atoms with E-state index in [1.165, 1.54) is 12.5 Å². The highest BCUT2D eigenvalue weighted by Crippen LogP contribution is 2.16. The molecule has 0 atom stereocenters. The lowest BCUT2D eigenvalue weighted by atomic mass is 10.0. The van der Waals surface area contributed by atoms with E-state index < -0.39 is 5.97 Å². The lowest BCUT2D eigenvalue weighted by molar-refractivity contribution is -0.140. The number of nitrogens with zero attached hydrogens (tertiary/aromatic N) is 1. The molecule has 0 N–H and O–H groups in total. The van der Waals surface area contributed by atoms with Gasteiger partial charge in [0.2, 0.25) is 0 Å². The molecule has 0 amide bonds. The molecule has 0 aromatic heterocycles. The molecular weight excluding hydrogens is 226 g/mol. The van der Waals surface area contributed by atoms with Crippen molar-refractivity contribution in [1.82, 2.24) is 0 Å². The Morgan fingerprint density at radius 2 is 1.88 bits per heavy atom. The van der Waals surface area contributed by atoms with Gasteiger partial charge in [0.1, 0.15) is 0 Å². The number of halogens is 1. The zero-order valence-corrected chi connectivity index (χ0v) is 10.3. The number of carbonyl (C=O) groups excluding carboxylic acids is 1. The maximum Gasteiger partial charge on any atom is 0.332 e. The first-order valence-electron chi connectivity index (χ1n) is 5.02. The summed E-state index contributed by atoms with van der Waals surface area (Å²) < 4.78 is 0. The van der Waals surface area contributed by atoms with Gasteiger partial charge in [0.15, 0.2) is 5.17 Å². The second-order valence-electron chi connectivity index (χ2n) is 3.74. The summed E-state index contributed by atoms with van der Waals surface area (Å²) in [5.41, 5.74) is 1.95. The standard InChI is InChI=1S/C12H14ClNO2/c1-8(2)10-4-6-11(7-5-10)12(13)14-16-9(3)15/h4-8H,1-3H3. The Bertz CT molecular complexity index is 396. The summed E-state index contributed by atoms with van der Waals surface area (Å²) in [4.78, 5) is 15.0. The topological polar surface area (TPSA) is 38.7 Å². The summed E-state index contributed by atoms with van der Waals surface area (Å²) in [6.07, 6.45) is 0. The molecule has 0 heterocycles. The van der Waals surface area contributed by atoms with Crippen molar-refractivity contribution in [1.29, 1.82) is 0 Å². The van der Waals surface area contributed by atoms with Crippen LogP contribution in [0.1, 0.15) is 37.8 Å². The first kappa shape index (κ1) is 12.7. The van der Waals surface area contributed by atoms with Gasteiger partial charge < -0.3 is 4.84 Å². The fourth-order valence-electron chi connectivity index (χ4n) is 1.16. The molecule has 4 heteroatoms. The molecular formula is C12H14ClNO2. The van der Waals surface area contributed by atoms with E-state index in [-0.39, 0.29) is 5.17 Å². The van der Waals surface area contributed by atoms with E-state index in [0.717, 1.165) is 5.56 Å². The zero-order chi connectivity index (χ0) is 12.1. The predicted octanol–water partition coefficient (Wildman–Crippen LogP) is 3.27. The molecule has 3 nitrogen and oxygen atoms in total. The molecule has 1 aromatic carbocycles.